The van der Waals surface area contributed by atoms with Crippen LogP contribution in [0.15, 0.2) is 11.6 Å². The van der Waals surface area contributed by atoms with Crippen LogP contribution in [0.3, 0.4) is 0 Å². The van der Waals surface area contributed by atoms with Crippen molar-refractivity contribution in [1.29, 1.82) is 0 Å². The first-order valence-electron chi connectivity index (χ1n) is 10.7. The third kappa shape index (κ3) is 5.24. The van der Waals surface area contributed by atoms with E-state index >= 15 is 0 Å². The summed E-state index contributed by atoms with van der Waals surface area (Å²) in [5, 5.41) is 0.199. The third-order valence-electron chi connectivity index (χ3n) is 7.47. The van der Waals surface area contributed by atoms with Crippen molar-refractivity contribution in [2.75, 3.05) is 13.7 Å². The van der Waals surface area contributed by atoms with Crippen molar-refractivity contribution in [2.24, 2.45) is 0 Å². The van der Waals surface area contributed by atoms with Gasteiger partial charge in [-0.1, -0.05) is 47.1 Å². The second-order valence-electron chi connectivity index (χ2n) is 11.7. The molecule has 2 rings (SSSR count). The number of carbonyl (C=O) groups excluding carboxylic acids is 1. The van der Waals surface area contributed by atoms with Crippen LogP contribution in [0.4, 0.5) is 0 Å². The van der Waals surface area contributed by atoms with Gasteiger partial charge in [-0.3, -0.25) is 0 Å². The zero-order valence-electron chi connectivity index (χ0n) is 20.4. The number of carbonyl (C=O) groups is 1. The molecule has 0 amide bonds. The molecule has 0 N–H and O–H groups in total. The van der Waals surface area contributed by atoms with Gasteiger partial charge in [0.2, 0.25) is 0 Å². The van der Waals surface area contributed by atoms with E-state index in [1.54, 1.807) is 6.08 Å². The van der Waals surface area contributed by atoms with Gasteiger partial charge in [-0.2, -0.15) is 0 Å². The van der Waals surface area contributed by atoms with Crippen molar-refractivity contribution in [3.63, 3.8) is 0 Å². The van der Waals surface area contributed by atoms with Gasteiger partial charge in [0.1, 0.15) is 5.60 Å². The molecule has 3 atom stereocenters. The van der Waals surface area contributed by atoms with Crippen molar-refractivity contribution < 1.29 is 23.1 Å². The monoisotopic (exact) mass is 442 g/mol. The van der Waals surface area contributed by atoms with Crippen molar-refractivity contribution in [3.8, 4) is 0 Å². The Morgan fingerprint density at radius 1 is 0.966 bits per heavy atom. The van der Waals surface area contributed by atoms with E-state index in [0.29, 0.717) is 19.4 Å². The minimum atomic E-state index is -2.01. The van der Waals surface area contributed by atoms with Gasteiger partial charge in [0.25, 0.3) is 0 Å². The summed E-state index contributed by atoms with van der Waals surface area (Å²) < 4.78 is 24.7. The zero-order valence-corrected chi connectivity index (χ0v) is 22.4. The highest BCUT2D eigenvalue weighted by molar-refractivity contribution is 6.74. The fourth-order valence-corrected chi connectivity index (χ4v) is 5.95. The molecule has 0 radical (unpaired) electrons. The van der Waals surface area contributed by atoms with Crippen molar-refractivity contribution >= 4 is 22.6 Å². The predicted octanol–water partition coefficient (Wildman–Crippen LogP) is 5.43. The van der Waals surface area contributed by atoms with Crippen molar-refractivity contribution in [2.45, 2.75) is 108 Å². The molecule has 0 bridgehead atoms. The van der Waals surface area contributed by atoms with E-state index in [1.807, 2.05) is 0 Å². The van der Waals surface area contributed by atoms with Crippen LogP contribution in [0.1, 0.15) is 54.4 Å². The van der Waals surface area contributed by atoms with Crippen LogP contribution < -0.4 is 0 Å². The first-order chi connectivity index (χ1) is 13.0. The lowest BCUT2D eigenvalue weighted by molar-refractivity contribution is -0.135. The number of epoxide rings is 1. The smallest absolute Gasteiger partial charge is 0.330 e. The SMILES string of the molecule is COC(=O)C=C1C[C@H](O[Si](C)(C)C(C)(C)C)C2(CO2)[C@H](O[Si](C)(C)C(C)(C)C)C1. The molecule has 1 saturated heterocycles. The maximum atomic E-state index is 12.0. The van der Waals surface area contributed by atoms with Gasteiger partial charge in [-0.05, 0) is 49.1 Å². The first kappa shape index (κ1) is 24.8. The number of hydrogen-bond donors (Lipinski definition) is 0. The Morgan fingerprint density at radius 3 is 1.62 bits per heavy atom. The normalized spacial score (nSPS) is 30.0. The molecule has 1 spiro atoms. The molecule has 2 fully saturated rings. The van der Waals surface area contributed by atoms with E-state index in [4.69, 9.17) is 18.3 Å². The van der Waals surface area contributed by atoms with Crippen LogP contribution >= 0.6 is 0 Å². The highest BCUT2D eigenvalue weighted by Gasteiger charge is 2.63. The van der Waals surface area contributed by atoms with Crippen LogP contribution in [-0.4, -0.2) is 54.1 Å². The number of esters is 1. The quantitative estimate of drug-likeness (QED) is 0.246. The number of hydrogen-bond acceptors (Lipinski definition) is 5. The van der Waals surface area contributed by atoms with E-state index in [2.05, 4.69) is 67.7 Å². The molecule has 1 heterocycles. The molecule has 2 aliphatic rings. The topological polar surface area (TPSA) is 57.3 Å². The fourth-order valence-electron chi connectivity index (χ4n) is 3.26. The summed E-state index contributed by atoms with van der Waals surface area (Å²) in [4.78, 5) is 12.0. The molecular weight excluding hydrogens is 400 g/mol. The molecule has 5 nitrogen and oxygen atoms in total. The summed E-state index contributed by atoms with van der Waals surface area (Å²) >= 11 is 0. The average Bonchev–Trinajstić information content (AvgIpc) is 3.31. The number of ether oxygens (including phenoxy) is 2. The van der Waals surface area contributed by atoms with Gasteiger partial charge in [-0.25, -0.2) is 4.79 Å². The van der Waals surface area contributed by atoms with Gasteiger partial charge in [0, 0.05) is 6.08 Å². The maximum absolute atomic E-state index is 12.0. The lowest BCUT2D eigenvalue weighted by atomic mass is 9.81. The van der Waals surface area contributed by atoms with E-state index in [-0.39, 0.29) is 28.3 Å². The summed E-state index contributed by atoms with van der Waals surface area (Å²) in [6.45, 7) is 23.2. The largest absolute Gasteiger partial charge is 0.466 e. The van der Waals surface area contributed by atoms with E-state index in [9.17, 15) is 4.79 Å². The predicted molar refractivity (Wildman–Crippen MR) is 122 cm³/mol. The molecule has 0 aromatic rings. The van der Waals surface area contributed by atoms with Gasteiger partial charge < -0.3 is 18.3 Å². The van der Waals surface area contributed by atoms with Crippen LogP contribution in [0.25, 0.3) is 0 Å². The zero-order chi connectivity index (χ0) is 22.5. The van der Waals surface area contributed by atoms with E-state index < -0.39 is 22.2 Å². The van der Waals surface area contributed by atoms with Crippen LogP contribution in [0.2, 0.25) is 36.3 Å². The highest BCUT2D eigenvalue weighted by Crippen LogP contribution is 2.52. The Hall–Kier alpha value is -0.476. The lowest BCUT2D eigenvalue weighted by Gasteiger charge is -2.47. The first-order valence-corrected chi connectivity index (χ1v) is 16.5. The van der Waals surface area contributed by atoms with Crippen molar-refractivity contribution in [1.82, 2.24) is 0 Å². The van der Waals surface area contributed by atoms with E-state index in [0.717, 1.165) is 5.57 Å². The Labute approximate surface area is 179 Å². The molecule has 1 saturated carbocycles. The summed E-state index contributed by atoms with van der Waals surface area (Å²) in [5.74, 6) is -0.315. The Kier molecular flexibility index (Phi) is 6.75. The van der Waals surface area contributed by atoms with Gasteiger partial charge in [0.05, 0.1) is 25.9 Å². The van der Waals surface area contributed by atoms with Crippen LogP contribution in [0, 0.1) is 0 Å². The minimum Gasteiger partial charge on any atom is -0.466 e. The number of methoxy groups -OCH3 is 1. The standard InChI is InChI=1S/C22H42O5Si2/c1-20(2,3)28(8,9)26-17-12-16(14-19(23)24-7)13-18(22(17)15-25-22)27-29(10,11)21(4,5)6/h14,17-18H,12-13,15H2,1-11H3/t17-,18+,22?. The maximum Gasteiger partial charge on any atom is 0.330 e. The molecule has 29 heavy (non-hydrogen) atoms. The number of rotatable bonds is 5. The van der Waals surface area contributed by atoms with Gasteiger partial charge in [0.15, 0.2) is 16.6 Å². The van der Waals surface area contributed by atoms with Crippen LogP contribution in [-0.2, 0) is 23.1 Å². The molecule has 168 valence electrons. The minimum absolute atomic E-state index is 0.0946. The van der Waals surface area contributed by atoms with E-state index in [1.165, 1.54) is 7.11 Å². The summed E-state index contributed by atoms with van der Waals surface area (Å²) in [6, 6.07) is 0. The van der Waals surface area contributed by atoms with Gasteiger partial charge >= 0.3 is 5.97 Å². The molecule has 1 unspecified atom stereocenters. The van der Waals surface area contributed by atoms with Gasteiger partial charge in [-0.15, -0.1) is 0 Å². The second kappa shape index (κ2) is 7.89. The molecule has 7 heteroatoms. The Morgan fingerprint density at radius 2 is 1.34 bits per heavy atom. The Balaban J connectivity index is 2.38. The average molecular weight is 443 g/mol. The molecular formula is C22H42O5Si2. The highest BCUT2D eigenvalue weighted by atomic mass is 28.4. The fraction of sp³-hybridized carbons (Fsp3) is 0.864. The summed E-state index contributed by atoms with van der Waals surface area (Å²) in [7, 11) is -2.61. The van der Waals surface area contributed by atoms with Crippen molar-refractivity contribution in [3.05, 3.63) is 11.6 Å². The third-order valence-corrected chi connectivity index (χ3v) is 16.4. The second-order valence-corrected chi connectivity index (χ2v) is 21.2. The molecule has 1 aliphatic carbocycles. The molecule has 0 aromatic carbocycles. The lowest BCUT2D eigenvalue weighted by Crippen LogP contribution is -2.57. The molecule has 0 aromatic heterocycles. The summed E-state index contributed by atoms with van der Waals surface area (Å²) in [5.41, 5.74) is 0.642. The van der Waals surface area contributed by atoms with Crippen LogP contribution in [0.5, 0.6) is 0 Å². The summed E-state index contributed by atoms with van der Waals surface area (Å²) in [6.07, 6.45) is 2.82. The Bertz CT molecular complexity index is 609. The molecule has 1 aliphatic heterocycles.